The second-order valence-corrected chi connectivity index (χ2v) is 2.39. The molecule has 0 unspecified atom stereocenters. The Balaban J connectivity index is 2.54. The monoisotopic (exact) mass is 203 g/mol. The van der Waals surface area contributed by atoms with Crippen molar-refractivity contribution in [2.45, 2.75) is 0 Å². The molecule has 0 aliphatic heterocycles. The van der Waals surface area contributed by atoms with Crippen molar-refractivity contribution in [3.63, 3.8) is 0 Å². The Bertz CT molecular complexity index is 289. The summed E-state index contributed by atoms with van der Waals surface area (Å²) in [6, 6.07) is 5.09. The number of alkyl halides is 1. The summed E-state index contributed by atoms with van der Waals surface area (Å²) in [5, 5.41) is 2.36. The minimum absolute atomic E-state index is 0.215. The summed E-state index contributed by atoms with van der Waals surface area (Å²) in [5.74, 6) is -0.365. The van der Waals surface area contributed by atoms with Gasteiger partial charge in [0.15, 0.2) is 6.07 Å². The van der Waals surface area contributed by atoms with Crippen LogP contribution in [0.2, 0.25) is 0 Å². The molecule has 0 atom stereocenters. The van der Waals surface area contributed by atoms with Crippen molar-refractivity contribution >= 4 is 23.4 Å². The molecule has 13 heavy (non-hydrogen) atoms. The van der Waals surface area contributed by atoms with Crippen LogP contribution in [0.4, 0.5) is 14.9 Å². The van der Waals surface area contributed by atoms with Gasteiger partial charge < -0.3 is 4.74 Å². The molecule has 0 spiro atoms. The average molecular weight is 204 g/mol. The normalized spacial score (nSPS) is 9.38. The highest BCUT2D eigenvalue weighted by molar-refractivity contribution is 6.17. The summed E-state index contributed by atoms with van der Waals surface area (Å²) in [6.07, 6.45) is -0.665. The summed E-state index contributed by atoms with van der Waals surface area (Å²) in [5.41, 5.74) is 0.455. The van der Waals surface area contributed by atoms with Gasteiger partial charge in [-0.25, -0.2) is 9.18 Å². The number of hydrogen-bond donors (Lipinski definition) is 1. The smallest absolute Gasteiger partial charge is 0.412 e. The molecule has 1 aromatic carbocycles. The molecule has 0 heterocycles. The Morgan fingerprint density at radius 2 is 2.08 bits per heavy atom. The Morgan fingerprint density at radius 3 is 2.62 bits per heavy atom. The van der Waals surface area contributed by atoms with E-state index in [0.29, 0.717) is 5.69 Å². The van der Waals surface area contributed by atoms with Gasteiger partial charge in [0.2, 0.25) is 0 Å². The lowest BCUT2D eigenvalue weighted by molar-refractivity contribution is 0.180. The van der Waals surface area contributed by atoms with Crippen LogP contribution in [0.3, 0.4) is 0 Å². The van der Waals surface area contributed by atoms with Gasteiger partial charge in [0.1, 0.15) is 5.82 Å². The second kappa shape index (κ2) is 4.67. The van der Waals surface area contributed by atoms with Gasteiger partial charge in [0, 0.05) is 5.69 Å². The first-order chi connectivity index (χ1) is 6.22. The van der Waals surface area contributed by atoms with E-state index in [-0.39, 0.29) is 11.9 Å². The Hall–Kier alpha value is -1.29. The fraction of sp³-hybridized carbons (Fsp3) is 0.125. The molecule has 1 N–H and O–H groups in total. The SMILES string of the molecule is O=C(Nc1ccc(F)cc1)OCCl. The number of nitrogens with one attached hydrogen (secondary N) is 1. The summed E-state index contributed by atoms with van der Waals surface area (Å²) < 4.78 is 16.8. The zero-order valence-corrected chi connectivity index (χ0v) is 7.34. The molecule has 0 radical (unpaired) electrons. The topological polar surface area (TPSA) is 38.3 Å². The standard InChI is InChI=1S/C8H7ClFNO2/c9-5-13-8(12)11-7-3-1-6(10)2-4-7/h1-4H,5H2,(H,11,12). The first-order valence-electron chi connectivity index (χ1n) is 3.47. The summed E-state index contributed by atoms with van der Waals surface area (Å²) in [7, 11) is 0. The first kappa shape index (κ1) is 9.80. The molecular formula is C8H7ClFNO2. The summed E-state index contributed by atoms with van der Waals surface area (Å²) >= 11 is 5.14. The number of amides is 1. The Morgan fingerprint density at radius 1 is 1.46 bits per heavy atom. The van der Waals surface area contributed by atoms with Gasteiger partial charge in [-0.3, -0.25) is 5.32 Å². The van der Waals surface area contributed by atoms with Crippen molar-refractivity contribution in [3.05, 3.63) is 30.1 Å². The molecule has 0 aromatic heterocycles. The lowest BCUT2D eigenvalue weighted by Crippen LogP contribution is -2.12. The van der Waals surface area contributed by atoms with E-state index in [1.165, 1.54) is 24.3 Å². The maximum Gasteiger partial charge on any atom is 0.412 e. The number of halogens is 2. The molecule has 1 aromatic rings. The molecule has 1 rings (SSSR count). The predicted molar refractivity (Wildman–Crippen MR) is 47.2 cm³/mol. The van der Waals surface area contributed by atoms with E-state index in [0.717, 1.165) is 0 Å². The highest BCUT2D eigenvalue weighted by Gasteiger charge is 2.00. The fourth-order valence-corrected chi connectivity index (χ4v) is 0.836. The summed E-state index contributed by atoms with van der Waals surface area (Å²) in [6.45, 7) is 0. The molecular weight excluding hydrogens is 197 g/mol. The number of ether oxygens (including phenoxy) is 1. The van der Waals surface area contributed by atoms with E-state index >= 15 is 0 Å². The van der Waals surface area contributed by atoms with Gasteiger partial charge in [-0.15, -0.1) is 0 Å². The van der Waals surface area contributed by atoms with Crippen molar-refractivity contribution < 1.29 is 13.9 Å². The second-order valence-electron chi connectivity index (χ2n) is 2.17. The molecule has 1 amide bonds. The Kier molecular flexibility index (Phi) is 3.52. The third-order valence-corrected chi connectivity index (χ3v) is 1.39. The maximum atomic E-state index is 12.4. The largest absolute Gasteiger partial charge is 0.433 e. The maximum absolute atomic E-state index is 12.4. The molecule has 0 bridgehead atoms. The first-order valence-corrected chi connectivity index (χ1v) is 4.01. The van der Waals surface area contributed by atoms with Gasteiger partial charge in [-0.1, -0.05) is 11.6 Å². The lowest BCUT2D eigenvalue weighted by atomic mass is 10.3. The van der Waals surface area contributed by atoms with Gasteiger partial charge in [-0.2, -0.15) is 0 Å². The fourth-order valence-electron chi connectivity index (χ4n) is 0.737. The van der Waals surface area contributed by atoms with E-state index in [4.69, 9.17) is 11.6 Å². The molecule has 5 heteroatoms. The van der Waals surface area contributed by atoms with Gasteiger partial charge >= 0.3 is 6.09 Å². The zero-order valence-electron chi connectivity index (χ0n) is 6.59. The minimum Gasteiger partial charge on any atom is -0.433 e. The highest BCUT2D eigenvalue weighted by atomic mass is 35.5. The summed E-state index contributed by atoms with van der Waals surface area (Å²) in [4.78, 5) is 10.8. The van der Waals surface area contributed by atoms with Crippen LogP contribution in [0.25, 0.3) is 0 Å². The number of hydrogen-bond acceptors (Lipinski definition) is 2. The van der Waals surface area contributed by atoms with Gasteiger partial charge in [-0.05, 0) is 24.3 Å². The lowest BCUT2D eigenvalue weighted by Gasteiger charge is -2.03. The molecule has 70 valence electrons. The molecule has 3 nitrogen and oxygen atoms in total. The quantitative estimate of drug-likeness (QED) is 0.751. The van der Waals surface area contributed by atoms with E-state index < -0.39 is 6.09 Å². The van der Waals surface area contributed by atoms with Crippen molar-refractivity contribution in [2.24, 2.45) is 0 Å². The van der Waals surface area contributed by atoms with Crippen molar-refractivity contribution in [3.8, 4) is 0 Å². The van der Waals surface area contributed by atoms with Crippen LogP contribution < -0.4 is 5.32 Å². The number of rotatable bonds is 2. The van der Waals surface area contributed by atoms with Crippen LogP contribution in [0, 0.1) is 5.82 Å². The van der Waals surface area contributed by atoms with Crippen LogP contribution in [0.15, 0.2) is 24.3 Å². The number of anilines is 1. The number of carbonyl (C=O) groups is 1. The molecule has 0 aliphatic rings. The predicted octanol–water partition coefficient (Wildman–Crippen LogP) is 2.57. The van der Waals surface area contributed by atoms with Crippen molar-refractivity contribution in [1.29, 1.82) is 0 Å². The number of benzene rings is 1. The average Bonchev–Trinajstić information content (AvgIpc) is 2.09. The highest BCUT2D eigenvalue weighted by Crippen LogP contribution is 2.08. The van der Waals surface area contributed by atoms with Crippen molar-refractivity contribution in [2.75, 3.05) is 11.4 Å². The van der Waals surface area contributed by atoms with Crippen LogP contribution in [0.1, 0.15) is 0 Å². The molecule has 0 saturated carbocycles. The van der Waals surface area contributed by atoms with E-state index in [9.17, 15) is 9.18 Å². The van der Waals surface area contributed by atoms with E-state index in [1.54, 1.807) is 0 Å². The third kappa shape index (κ3) is 3.29. The van der Waals surface area contributed by atoms with Crippen LogP contribution >= 0.6 is 11.6 Å². The minimum atomic E-state index is -0.665. The van der Waals surface area contributed by atoms with Crippen LogP contribution in [-0.4, -0.2) is 12.2 Å². The molecule has 0 fully saturated rings. The van der Waals surface area contributed by atoms with E-state index in [2.05, 4.69) is 10.1 Å². The molecule has 0 aliphatic carbocycles. The number of carbonyl (C=O) groups excluding carboxylic acids is 1. The van der Waals surface area contributed by atoms with Gasteiger partial charge in [0.05, 0.1) is 0 Å². The van der Waals surface area contributed by atoms with Crippen molar-refractivity contribution in [1.82, 2.24) is 0 Å². The van der Waals surface area contributed by atoms with E-state index in [1.807, 2.05) is 0 Å². The van der Waals surface area contributed by atoms with Crippen LogP contribution in [0.5, 0.6) is 0 Å². The van der Waals surface area contributed by atoms with Crippen LogP contribution in [-0.2, 0) is 4.74 Å². The third-order valence-electron chi connectivity index (χ3n) is 1.28. The van der Waals surface area contributed by atoms with Gasteiger partial charge in [0.25, 0.3) is 0 Å². The Labute approximate surface area is 79.5 Å². The zero-order chi connectivity index (χ0) is 9.68. The molecule has 0 saturated heterocycles.